The minimum Gasteiger partial charge on any atom is -0.463 e. The molecule has 0 spiro atoms. The number of ether oxygens (including phenoxy) is 10. The number of amides is 1. The fraction of sp³-hybridized carbons (Fsp3) is 0.633. The lowest BCUT2D eigenvalue weighted by Gasteiger charge is -2.51. The first-order chi connectivity index (χ1) is 21.9. The second-order valence-corrected chi connectivity index (χ2v) is 10.8. The quantitative estimate of drug-likeness (QED) is 0.270. The Morgan fingerprint density at radius 3 is 1.98 bits per heavy atom. The largest absolute Gasteiger partial charge is 0.463 e. The molecule has 16 heteroatoms. The molecule has 254 valence electrons. The van der Waals surface area contributed by atoms with Gasteiger partial charge in [-0.1, -0.05) is 30.3 Å². The Labute approximate surface area is 265 Å². The van der Waals surface area contributed by atoms with Crippen LogP contribution in [0.15, 0.2) is 30.3 Å². The normalized spacial score (nSPS) is 33.9. The molecule has 1 aromatic carbocycles. The predicted molar refractivity (Wildman–Crippen MR) is 150 cm³/mol. The lowest BCUT2D eigenvalue weighted by molar-refractivity contribution is -0.376. The number of carbonyl (C=O) groups excluding carboxylic acids is 5. The average Bonchev–Trinajstić information content (AvgIpc) is 2.99. The number of methoxy groups -OCH3 is 1. The van der Waals surface area contributed by atoms with E-state index in [1.807, 2.05) is 30.3 Å². The topological polar surface area (TPSA) is 190 Å². The molecule has 0 aromatic heterocycles. The highest BCUT2D eigenvalue weighted by Gasteiger charge is 2.57. The van der Waals surface area contributed by atoms with Crippen molar-refractivity contribution in [1.82, 2.24) is 5.32 Å². The van der Waals surface area contributed by atoms with E-state index in [0.29, 0.717) is 5.56 Å². The maximum absolute atomic E-state index is 12.4. The maximum Gasteiger partial charge on any atom is 0.303 e. The van der Waals surface area contributed by atoms with Gasteiger partial charge in [0.15, 0.2) is 37.2 Å². The van der Waals surface area contributed by atoms with Crippen LogP contribution in [0.4, 0.5) is 0 Å². The summed E-state index contributed by atoms with van der Waals surface area (Å²) in [5.74, 6) is -3.49. The monoisotopic (exact) mass is 653 g/mol. The zero-order valence-electron chi connectivity index (χ0n) is 26.3. The number of esters is 4. The molecule has 0 aliphatic carbocycles. The first kappa shape index (κ1) is 35.2. The molecule has 16 nitrogen and oxygen atoms in total. The third-order valence-corrected chi connectivity index (χ3v) is 7.25. The molecule has 3 fully saturated rings. The number of carbonyl (C=O) groups is 5. The molecule has 11 unspecified atom stereocenters. The summed E-state index contributed by atoms with van der Waals surface area (Å²) in [5, 5.41) is 2.77. The number of hydrogen-bond acceptors (Lipinski definition) is 15. The Bertz CT molecular complexity index is 1240. The summed E-state index contributed by atoms with van der Waals surface area (Å²) in [4.78, 5) is 60.9. The molecule has 1 aromatic rings. The molecule has 0 radical (unpaired) electrons. The van der Waals surface area contributed by atoms with Gasteiger partial charge in [0.2, 0.25) is 5.91 Å². The lowest BCUT2D eigenvalue weighted by atomic mass is 9.94. The van der Waals surface area contributed by atoms with Crippen LogP contribution in [0.5, 0.6) is 0 Å². The highest BCUT2D eigenvalue weighted by atomic mass is 16.8. The molecule has 3 aliphatic heterocycles. The summed E-state index contributed by atoms with van der Waals surface area (Å²) < 4.78 is 58.3. The third-order valence-electron chi connectivity index (χ3n) is 7.25. The first-order valence-electron chi connectivity index (χ1n) is 14.6. The van der Waals surface area contributed by atoms with E-state index < -0.39 is 104 Å². The van der Waals surface area contributed by atoms with E-state index in [9.17, 15) is 24.0 Å². The SMILES string of the molecule is COC1OC2COC(c3ccccc3)OC2C(OC2OC(COC(C)=O)C(OC(C)=O)C(OC(C)=O)C2OC(C)=O)C1NC(C)=O. The molecular formula is C30H39NO15. The number of nitrogens with one attached hydrogen (secondary N) is 1. The van der Waals surface area contributed by atoms with Crippen molar-refractivity contribution in [3.05, 3.63) is 35.9 Å². The minimum atomic E-state index is -1.56. The summed E-state index contributed by atoms with van der Waals surface area (Å²) in [6, 6.07) is 8.09. The van der Waals surface area contributed by atoms with Gasteiger partial charge in [0.25, 0.3) is 0 Å². The van der Waals surface area contributed by atoms with Crippen LogP contribution in [0.2, 0.25) is 0 Å². The van der Waals surface area contributed by atoms with Crippen LogP contribution in [0.25, 0.3) is 0 Å². The van der Waals surface area contributed by atoms with Crippen molar-refractivity contribution in [1.29, 1.82) is 0 Å². The van der Waals surface area contributed by atoms with Gasteiger partial charge in [-0.05, 0) is 0 Å². The summed E-state index contributed by atoms with van der Waals surface area (Å²) in [6.07, 6.45) is -11.9. The Balaban J connectivity index is 1.76. The van der Waals surface area contributed by atoms with Gasteiger partial charge >= 0.3 is 23.9 Å². The van der Waals surface area contributed by atoms with Gasteiger partial charge in [0, 0.05) is 47.3 Å². The summed E-state index contributed by atoms with van der Waals surface area (Å²) in [6.45, 7) is 5.41. The predicted octanol–water partition coefficient (Wildman–Crippen LogP) is 0.445. The molecule has 1 amide bonds. The number of fused-ring (bicyclic) bond motifs is 1. The zero-order valence-corrected chi connectivity index (χ0v) is 26.3. The van der Waals surface area contributed by atoms with Crippen molar-refractivity contribution in [3.63, 3.8) is 0 Å². The fourth-order valence-corrected chi connectivity index (χ4v) is 5.56. The van der Waals surface area contributed by atoms with Gasteiger partial charge in [-0.2, -0.15) is 0 Å². The number of hydrogen-bond donors (Lipinski definition) is 1. The van der Waals surface area contributed by atoms with Crippen LogP contribution < -0.4 is 5.32 Å². The Morgan fingerprint density at radius 1 is 0.761 bits per heavy atom. The van der Waals surface area contributed by atoms with Gasteiger partial charge in [0.1, 0.15) is 37.1 Å². The second kappa shape index (κ2) is 15.8. The van der Waals surface area contributed by atoms with Crippen molar-refractivity contribution < 1.29 is 71.3 Å². The molecule has 1 N–H and O–H groups in total. The zero-order chi connectivity index (χ0) is 33.5. The van der Waals surface area contributed by atoms with Crippen molar-refractivity contribution in [3.8, 4) is 0 Å². The molecule has 3 heterocycles. The van der Waals surface area contributed by atoms with Crippen molar-refractivity contribution in [2.75, 3.05) is 20.3 Å². The van der Waals surface area contributed by atoms with E-state index in [1.165, 1.54) is 21.0 Å². The number of rotatable bonds is 10. The van der Waals surface area contributed by atoms with Crippen LogP contribution in [-0.2, 0) is 71.3 Å². The molecule has 11 atom stereocenters. The van der Waals surface area contributed by atoms with Crippen molar-refractivity contribution >= 4 is 29.8 Å². The summed E-state index contributed by atoms with van der Waals surface area (Å²) in [7, 11) is 1.38. The molecule has 46 heavy (non-hydrogen) atoms. The van der Waals surface area contributed by atoms with E-state index >= 15 is 0 Å². The Kier molecular flexibility index (Phi) is 12.0. The Hall–Kier alpha value is -3.67. The standard InChI is InChI=1S/C30H39NO15/c1-14(32)31-22-25(23-21(43-29(22)37-6)13-39-28(45-23)19-10-8-7-9-11-19)46-30-27(42-18(5)36)26(41-17(4)35)24(40-16(3)34)20(44-30)12-38-15(2)33/h7-11,20-30H,12-13H2,1-6H3,(H,31,32). The first-order valence-corrected chi connectivity index (χ1v) is 14.6. The van der Waals surface area contributed by atoms with Crippen molar-refractivity contribution in [2.24, 2.45) is 0 Å². The summed E-state index contributed by atoms with van der Waals surface area (Å²) >= 11 is 0. The lowest BCUT2D eigenvalue weighted by Crippen LogP contribution is -2.70. The number of benzene rings is 1. The van der Waals surface area contributed by atoms with E-state index in [2.05, 4.69) is 5.32 Å². The van der Waals surface area contributed by atoms with Crippen LogP contribution >= 0.6 is 0 Å². The van der Waals surface area contributed by atoms with E-state index in [4.69, 9.17) is 47.4 Å². The maximum atomic E-state index is 12.4. The van der Waals surface area contributed by atoms with Crippen LogP contribution in [0.1, 0.15) is 46.5 Å². The third kappa shape index (κ3) is 8.77. The molecule has 0 saturated carbocycles. The van der Waals surface area contributed by atoms with Crippen LogP contribution in [0, 0.1) is 0 Å². The highest BCUT2D eigenvalue weighted by Crippen LogP contribution is 2.38. The van der Waals surface area contributed by atoms with E-state index in [0.717, 1.165) is 20.8 Å². The van der Waals surface area contributed by atoms with Gasteiger partial charge in [0.05, 0.1) is 6.61 Å². The van der Waals surface area contributed by atoms with Gasteiger partial charge in [-0.3, -0.25) is 24.0 Å². The molecular weight excluding hydrogens is 614 g/mol. The highest BCUT2D eigenvalue weighted by molar-refractivity contribution is 5.73. The van der Waals surface area contributed by atoms with Gasteiger partial charge in [-0.15, -0.1) is 0 Å². The van der Waals surface area contributed by atoms with Crippen molar-refractivity contribution in [2.45, 2.75) is 102 Å². The molecule has 3 saturated heterocycles. The smallest absolute Gasteiger partial charge is 0.303 e. The van der Waals surface area contributed by atoms with E-state index in [-0.39, 0.29) is 6.61 Å². The van der Waals surface area contributed by atoms with Gasteiger partial charge < -0.3 is 52.7 Å². The average molecular weight is 654 g/mol. The van der Waals surface area contributed by atoms with Gasteiger partial charge in [-0.25, -0.2) is 0 Å². The minimum absolute atomic E-state index is 0.0509. The Morgan fingerprint density at radius 2 is 1.39 bits per heavy atom. The summed E-state index contributed by atoms with van der Waals surface area (Å²) in [5.41, 5.74) is 0.705. The van der Waals surface area contributed by atoms with Crippen LogP contribution in [-0.4, -0.2) is 111 Å². The molecule has 0 bridgehead atoms. The van der Waals surface area contributed by atoms with Crippen LogP contribution in [0.3, 0.4) is 0 Å². The second-order valence-electron chi connectivity index (χ2n) is 10.8. The van der Waals surface area contributed by atoms with E-state index in [1.54, 1.807) is 0 Å². The fourth-order valence-electron chi connectivity index (χ4n) is 5.56. The molecule has 4 rings (SSSR count). The molecule has 3 aliphatic rings.